The number of carbonyl (C=O) groups is 1. The maximum absolute atomic E-state index is 13.3. The molecule has 0 radical (unpaired) electrons. The number of aryl methyl sites for hydroxylation is 1. The van der Waals surface area contributed by atoms with Crippen LogP contribution >= 0.6 is 11.6 Å². The molecule has 8 heteroatoms. The molecule has 2 aromatic heterocycles. The molecular formula is C20H21ClN6O. The Kier molecular flexibility index (Phi) is 5.36. The zero-order valence-electron chi connectivity index (χ0n) is 15.5. The van der Waals surface area contributed by atoms with E-state index < -0.39 is 0 Å². The van der Waals surface area contributed by atoms with Gasteiger partial charge in [-0.25, -0.2) is 9.67 Å². The van der Waals surface area contributed by atoms with Gasteiger partial charge in [-0.1, -0.05) is 36.7 Å². The molecular weight excluding hydrogens is 376 g/mol. The van der Waals surface area contributed by atoms with Gasteiger partial charge < -0.3 is 10.2 Å². The predicted octanol–water partition coefficient (Wildman–Crippen LogP) is 2.66. The Bertz CT molecular complexity index is 974. The maximum atomic E-state index is 13.3. The summed E-state index contributed by atoms with van der Waals surface area (Å²) in [5.41, 5.74) is 1.71. The number of aromatic nitrogens is 4. The molecule has 1 unspecified atom stereocenters. The number of nitrogens with zero attached hydrogens (tertiary/aromatic N) is 5. The fraction of sp³-hybridized carbons (Fsp3) is 0.300. The number of para-hydroxylation sites is 1. The van der Waals surface area contributed by atoms with Gasteiger partial charge in [0.25, 0.3) is 5.91 Å². The van der Waals surface area contributed by atoms with Gasteiger partial charge in [0.1, 0.15) is 5.82 Å². The smallest absolute Gasteiger partial charge is 0.294 e. The van der Waals surface area contributed by atoms with Crippen LogP contribution in [0.5, 0.6) is 0 Å². The maximum Gasteiger partial charge on any atom is 0.294 e. The van der Waals surface area contributed by atoms with Crippen LogP contribution in [0.3, 0.4) is 0 Å². The first-order chi connectivity index (χ1) is 13.7. The fourth-order valence-electron chi connectivity index (χ4n) is 3.43. The molecule has 0 bridgehead atoms. The minimum absolute atomic E-state index is 0.104. The standard InChI is InChI=1S/C20H21ClN6O/c1-2-18-24-19(25-27(18)16-8-4-3-7-15(16)21)20(28)26-11-10-23-13-17(26)14-6-5-9-22-12-14/h3-9,12,17,23H,2,10-11,13H2,1H3. The quantitative estimate of drug-likeness (QED) is 0.733. The lowest BCUT2D eigenvalue weighted by Crippen LogP contribution is -2.49. The van der Waals surface area contributed by atoms with Crippen molar-refractivity contribution in [2.24, 2.45) is 0 Å². The molecule has 1 aromatic carbocycles. The summed E-state index contributed by atoms with van der Waals surface area (Å²) >= 11 is 6.33. The van der Waals surface area contributed by atoms with Gasteiger partial charge in [-0.05, 0) is 23.8 Å². The highest BCUT2D eigenvalue weighted by atomic mass is 35.5. The van der Waals surface area contributed by atoms with Gasteiger partial charge in [-0.15, -0.1) is 5.10 Å². The Labute approximate surface area is 168 Å². The topological polar surface area (TPSA) is 75.9 Å². The summed E-state index contributed by atoms with van der Waals surface area (Å²) in [6.07, 6.45) is 4.16. The first-order valence-electron chi connectivity index (χ1n) is 9.31. The van der Waals surface area contributed by atoms with Crippen molar-refractivity contribution in [3.8, 4) is 5.69 Å². The van der Waals surface area contributed by atoms with Crippen molar-refractivity contribution in [2.45, 2.75) is 19.4 Å². The predicted molar refractivity (Wildman–Crippen MR) is 107 cm³/mol. The van der Waals surface area contributed by atoms with Crippen LogP contribution in [0.4, 0.5) is 0 Å². The van der Waals surface area contributed by atoms with Crippen molar-refractivity contribution in [2.75, 3.05) is 19.6 Å². The monoisotopic (exact) mass is 396 g/mol. The number of hydrogen-bond acceptors (Lipinski definition) is 5. The lowest BCUT2D eigenvalue weighted by molar-refractivity contribution is 0.0621. The SMILES string of the molecule is CCc1nc(C(=O)N2CCNCC2c2cccnc2)nn1-c1ccccc1Cl. The van der Waals surface area contributed by atoms with Crippen LogP contribution in [0.25, 0.3) is 5.69 Å². The molecule has 144 valence electrons. The first kappa shape index (κ1) is 18.6. The highest BCUT2D eigenvalue weighted by Gasteiger charge is 2.31. The summed E-state index contributed by atoms with van der Waals surface area (Å²) in [7, 11) is 0. The normalized spacial score (nSPS) is 16.9. The number of hydrogen-bond donors (Lipinski definition) is 1. The van der Waals surface area contributed by atoms with E-state index in [-0.39, 0.29) is 17.8 Å². The van der Waals surface area contributed by atoms with Gasteiger partial charge in [0.2, 0.25) is 5.82 Å². The molecule has 7 nitrogen and oxygen atoms in total. The third kappa shape index (κ3) is 3.50. The summed E-state index contributed by atoms with van der Waals surface area (Å²) in [5, 5.41) is 8.42. The van der Waals surface area contributed by atoms with Crippen LogP contribution in [0, 0.1) is 0 Å². The zero-order chi connectivity index (χ0) is 19.5. The Morgan fingerprint density at radius 3 is 2.89 bits per heavy atom. The number of carbonyl (C=O) groups excluding carboxylic acids is 1. The largest absolute Gasteiger partial charge is 0.326 e. The van der Waals surface area contributed by atoms with E-state index in [1.165, 1.54) is 0 Å². The minimum atomic E-state index is -0.184. The number of rotatable bonds is 4. The average molecular weight is 397 g/mol. The van der Waals surface area contributed by atoms with E-state index in [2.05, 4.69) is 20.4 Å². The summed E-state index contributed by atoms with van der Waals surface area (Å²) < 4.78 is 1.66. The molecule has 1 atom stereocenters. The third-order valence-electron chi connectivity index (χ3n) is 4.84. The summed E-state index contributed by atoms with van der Waals surface area (Å²) in [5.74, 6) is 0.702. The van der Waals surface area contributed by atoms with Crippen LogP contribution in [0.2, 0.25) is 5.02 Å². The van der Waals surface area contributed by atoms with E-state index in [1.807, 2.05) is 42.2 Å². The van der Waals surface area contributed by atoms with Gasteiger partial charge in [0.15, 0.2) is 0 Å². The van der Waals surface area contributed by atoms with Crippen molar-refractivity contribution in [3.63, 3.8) is 0 Å². The first-order valence-corrected chi connectivity index (χ1v) is 9.69. The Morgan fingerprint density at radius 2 is 2.14 bits per heavy atom. The molecule has 1 aliphatic rings. The van der Waals surface area contributed by atoms with Gasteiger partial charge >= 0.3 is 0 Å². The highest BCUT2D eigenvalue weighted by Crippen LogP contribution is 2.24. The number of halogens is 1. The average Bonchev–Trinajstić information content (AvgIpc) is 3.18. The lowest BCUT2D eigenvalue weighted by Gasteiger charge is -2.35. The molecule has 1 fully saturated rings. The van der Waals surface area contributed by atoms with E-state index in [0.717, 1.165) is 17.8 Å². The molecule has 0 spiro atoms. The van der Waals surface area contributed by atoms with Crippen LogP contribution in [0.1, 0.15) is 35.0 Å². The van der Waals surface area contributed by atoms with Gasteiger partial charge in [-0.2, -0.15) is 0 Å². The van der Waals surface area contributed by atoms with E-state index in [9.17, 15) is 4.79 Å². The Balaban J connectivity index is 1.68. The summed E-state index contributed by atoms with van der Waals surface area (Å²) in [6.45, 7) is 3.97. The number of nitrogens with one attached hydrogen (secondary N) is 1. The molecule has 28 heavy (non-hydrogen) atoms. The van der Waals surface area contributed by atoms with Crippen molar-refractivity contribution in [1.29, 1.82) is 0 Å². The van der Waals surface area contributed by atoms with Crippen LogP contribution in [0.15, 0.2) is 48.8 Å². The van der Waals surface area contributed by atoms with Crippen LogP contribution < -0.4 is 5.32 Å². The van der Waals surface area contributed by atoms with E-state index in [0.29, 0.717) is 30.4 Å². The summed E-state index contributed by atoms with van der Waals surface area (Å²) in [6, 6.07) is 11.2. The second-order valence-electron chi connectivity index (χ2n) is 6.57. The van der Waals surface area contributed by atoms with Crippen molar-refractivity contribution in [3.05, 3.63) is 71.0 Å². The molecule has 3 heterocycles. The van der Waals surface area contributed by atoms with Gasteiger partial charge in [0.05, 0.1) is 16.8 Å². The second-order valence-corrected chi connectivity index (χ2v) is 6.98. The fourth-order valence-corrected chi connectivity index (χ4v) is 3.64. The van der Waals surface area contributed by atoms with Crippen molar-refractivity contribution >= 4 is 17.5 Å². The number of piperazine rings is 1. The second kappa shape index (κ2) is 8.08. The number of benzene rings is 1. The van der Waals surface area contributed by atoms with E-state index in [1.54, 1.807) is 23.1 Å². The molecule has 1 N–H and O–H groups in total. The minimum Gasteiger partial charge on any atom is -0.326 e. The van der Waals surface area contributed by atoms with Crippen molar-refractivity contribution in [1.82, 2.24) is 30.0 Å². The molecule has 1 aliphatic heterocycles. The van der Waals surface area contributed by atoms with Crippen LogP contribution in [-0.2, 0) is 6.42 Å². The Morgan fingerprint density at radius 1 is 1.29 bits per heavy atom. The number of pyridine rings is 1. The molecule has 0 saturated carbocycles. The highest BCUT2D eigenvalue weighted by molar-refractivity contribution is 6.32. The zero-order valence-corrected chi connectivity index (χ0v) is 16.3. The van der Waals surface area contributed by atoms with E-state index in [4.69, 9.17) is 11.6 Å². The molecule has 1 saturated heterocycles. The third-order valence-corrected chi connectivity index (χ3v) is 5.16. The molecule has 4 rings (SSSR count). The van der Waals surface area contributed by atoms with Gasteiger partial charge in [-0.3, -0.25) is 9.78 Å². The molecule has 1 amide bonds. The van der Waals surface area contributed by atoms with Gasteiger partial charge in [0, 0.05) is 38.4 Å². The Hall–Kier alpha value is -2.77. The van der Waals surface area contributed by atoms with Crippen molar-refractivity contribution < 1.29 is 4.79 Å². The van der Waals surface area contributed by atoms with Crippen LogP contribution in [-0.4, -0.2) is 50.2 Å². The number of amides is 1. The van der Waals surface area contributed by atoms with E-state index >= 15 is 0 Å². The summed E-state index contributed by atoms with van der Waals surface area (Å²) in [4.78, 5) is 23.8. The lowest BCUT2D eigenvalue weighted by atomic mass is 10.1. The molecule has 3 aromatic rings. The molecule has 0 aliphatic carbocycles.